The lowest BCUT2D eigenvalue weighted by Gasteiger charge is -2.40. The average molecular weight is 309 g/mol. The second kappa shape index (κ2) is 8.19. The van der Waals surface area contributed by atoms with E-state index in [1.165, 1.54) is 44.9 Å². The van der Waals surface area contributed by atoms with Crippen LogP contribution in [0.5, 0.6) is 0 Å². The molecule has 4 nitrogen and oxygen atoms in total. The Morgan fingerprint density at radius 3 is 2.45 bits per heavy atom. The first-order chi connectivity index (χ1) is 10.5. The van der Waals surface area contributed by atoms with Crippen LogP contribution in [0.3, 0.4) is 0 Å². The number of hydrogen-bond acceptors (Lipinski definition) is 2. The summed E-state index contributed by atoms with van der Waals surface area (Å²) in [4.78, 5) is 4.41. The number of nitrogens with one attached hydrogen (secondary N) is 2. The highest BCUT2D eigenvalue weighted by atomic mass is 16.5. The summed E-state index contributed by atoms with van der Waals surface area (Å²) in [5.41, 5.74) is 0.201. The van der Waals surface area contributed by atoms with Crippen LogP contribution in [0.1, 0.15) is 65.7 Å². The van der Waals surface area contributed by atoms with Gasteiger partial charge >= 0.3 is 0 Å². The zero-order chi connectivity index (χ0) is 16.0. The summed E-state index contributed by atoms with van der Waals surface area (Å²) in [7, 11) is 1.87. The third-order valence-corrected chi connectivity index (χ3v) is 5.00. The second-order valence-corrected chi connectivity index (χ2v) is 7.99. The van der Waals surface area contributed by atoms with E-state index in [-0.39, 0.29) is 5.41 Å². The second-order valence-electron chi connectivity index (χ2n) is 7.99. The van der Waals surface area contributed by atoms with Gasteiger partial charge in [-0.25, -0.2) is 0 Å². The highest BCUT2D eigenvalue weighted by Gasteiger charge is 2.35. The molecule has 1 heterocycles. The molecule has 0 amide bonds. The van der Waals surface area contributed by atoms with E-state index in [0.717, 1.165) is 19.1 Å². The average Bonchev–Trinajstić information content (AvgIpc) is 2.52. The van der Waals surface area contributed by atoms with Gasteiger partial charge in [-0.15, -0.1) is 0 Å². The number of guanidine groups is 1. The van der Waals surface area contributed by atoms with Crippen molar-refractivity contribution in [3.05, 3.63) is 0 Å². The quantitative estimate of drug-likeness (QED) is 0.621. The number of aliphatic imine (C=N–C) groups is 1. The fourth-order valence-corrected chi connectivity index (χ4v) is 3.87. The van der Waals surface area contributed by atoms with Crippen molar-refractivity contribution in [1.29, 1.82) is 0 Å². The molecule has 1 saturated carbocycles. The third-order valence-electron chi connectivity index (χ3n) is 5.00. The minimum atomic E-state index is 0.201. The van der Waals surface area contributed by atoms with Crippen molar-refractivity contribution in [2.75, 3.05) is 20.2 Å². The largest absolute Gasteiger partial charge is 0.377 e. The van der Waals surface area contributed by atoms with Crippen molar-refractivity contribution in [3.8, 4) is 0 Å². The summed E-state index contributed by atoms with van der Waals surface area (Å²) in [5, 5.41) is 7.14. The van der Waals surface area contributed by atoms with Crippen LogP contribution in [0.4, 0.5) is 0 Å². The molecule has 0 radical (unpaired) electrons. The molecule has 0 aromatic rings. The first-order valence-electron chi connectivity index (χ1n) is 9.09. The summed E-state index contributed by atoms with van der Waals surface area (Å²) in [6.07, 6.45) is 9.38. The molecule has 22 heavy (non-hydrogen) atoms. The standard InChI is InChI=1S/C18H35N3O/c1-18(2,3)16-14(9-8-12-22-16)13-20-17(19-4)21-15-10-6-5-7-11-15/h14-16H,5-13H2,1-4H3,(H2,19,20,21). The lowest BCUT2D eigenvalue weighted by atomic mass is 9.78. The molecular formula is C18H35N3O. The highest BCUT2D eigenvalue weighted by molar-refractivity contribution is 5.79. The number of nitrogens with zero attached hydrogens (tertiary/aromatic N) is 1. The molecule has 2 atom stereocenters. The SMILES string of the molecule is CN=C(NCC1CCCOC1C(C)(C)C)NC1CCCCC1. The predicted molar refractivity (Wildman–Crippen MR) is 93.3 cm³/mol. The molecule has 2 unspecified atom stereocenters. The Morgan fingerprint density at radius 2 is 1.82 bits per heavy atom. The smallest absolute Gasteiger partial charge is 0.191 e. The highest BCUT2D eigenvalue weighted by Crippen LogP contribution is 2.33. The van der Waals surface area contributed by atoms with Gasteiger partial charge < -0.3 is 15.4 Å². The first-order valence-corrected chi connectivity index (χ1v) is 9.09. The normalized spacial score (nSPS) is 28.5. The Labute approximate surface area is 136 Å². The van der Waals surface area contributed by atoms with Crippen molar-refractivity contribution in [3.63, 3.8) is 0 Å². The third kappa shape index (κ3) is 5.15. The van der Waals surface area contributed by atoms with E-state index in [9.17, 15) is 0 Å². The molecule has 0 spiro atoms. The molecule has 0 bridgehead atoms. The molecule has 2 fully saturated rings. The predicted octanol–water partition coefficient (Wildman–Crippen LogP) is 3.33. The van der Waals surface area contributed by atoms with Gasteiger partial charge in [0, 0.05) is 32.2 Å². The maximum absolute atomic E-state index is 6.07. The van der Waals surface area contributed by atoms with E-state index in [1.807, 2.05) is 7.05 Å². The summed E-state index contributed by atoms with van der Waals surface area (Å²) in [6, 6.07) is 0.598. The van der Waals surface area contributed by atoms with Crippen LogP contribution in [0.15, 0.2) is 4.99 Å². The molecule has 0 aromatic heterocycles. The van der Waals surface area contributed by atoms with Crippen molar-refractivity contribution in [1.82, 2.24) is 10.6 Å². The van der Waals surface area contributed by atoms with Crippen LogP contribution < -0.4 is 10.6 Å². The topological polar surface area (TPSA) is 45.7 Å². The van der Waals surface area contributed by atoms with Gasteiger partial charge in [-0.1, -0.05) is 40.0 Å². The Bertz CT molecular complexity index is 356. The lowest BCUT2D eigenvalue weighted by molar-refractivity contribution is -0.0835. The van der Waals surface area contributed by atoms with Crippen molar-refractivity contribution >= 4 is 5.96 Å². The Hall–Kier alpha value is -0.770. The first kappa shape index (κ1) is 17.6. The molecule has 2 rings (SSSR count). The minimum absolute atomic E-state index is 0.201. The van der Waals surface area contributed by atoms with E-state index >= 15 is 0 Å². The Morgan fingerprint density at radius 1 is 1.09 bits per heavy atom. The maximum Gasteiger partial charge on any atom is 0.191 e. The molecule has 4 heteroatoms. The van der Waals surface area contributed by atoms with Crippen LogP contribution >= 0.6 is 0 Å². The van der Waals surface area contributed by atoms with Gasteiger partial charge in [-0.3, -0.25) is 4.99 Å². The summed E-state index contributed by atoms with van der Waals surface area (Å²) >= 11 is 0. The summed E-state index contributed by atoms with van der Waals surface area (Å²) in [5.74, 6) is 1.53. The molecule has 1 saturated heterocycles. The summed E-state index contributed by atoms with van der Waals surface area (Å²) in [6.45, 7) is 8.71. The van der Waals surface area contributed by atoms with E-state index in [2.05, 4.69) is 36.4 Å². The lowest BCUT2D eigenvalue weighted by Crippen LogP contribution is -2.49. The van der Waals surface area contributed by atoms with E-state index < -0.39 is 0 Å². The van der Waals surface area contributed by atoms with E-state index in [4.69, 9.17) is 4.74 Å². The van der Waals surface area contributed by atoms with Crippen molar-refractivity contribution in [2.45, 2.75) is 77.9 Å². The molecular weight excluding hydrogens is 274 g/mol. The monoisotopic (exact) mass is 309 g/mol. The van der Waals surface area contributed by atoms with Crippen molar-refractivity contribution < 1.29 is 4.74 Å². The van der Waals surface area contributed by atoms with E-state index in [0.29, 0.717) is 18.1 Å². The zero-order valence-electron chi connectivity index (χ0n) is 15.0. The molecule has 1 aliphatic carbocycles. The molecule has 128 valence electrons. The van der Waals surface area contributed by atoms with Gasteiger partial charge in [0.15, 0.2) is 5.96 Å². The fraction of sp³-hybridized carbons (Fsp3) is 0.944. The van der Waals surface area contributed by atoms with Gasteiger partial charge in [0.05, 0.1) is 6.10 Å². The van der Waals surface area contributed by atoms with Crippen LogP contribution in [0.25, 0.3) is 0 Å². The molecule has 1 aliphatic heterocycles. The molecule has 2 N–H and O–H groups in total. The Balaban J connectivity index is 1.83. The van der Waals surface area contributed by atoms with Gasteiger partial charge in [-0.05, 0) is 31.1 Å². The Kier molecular flexibility index (Phi) is 6.54. The van der Waals surface area contributed by atoms with Crippen LogP contribution in [-0.4, -0.2) is 38.3 Å². The van der Waals surface area contributed by atoms with Gasteiger partial charge in [0.25, 0.3) is 0 Å². The van der Waals surface area contributed by atoms with Gasteiger partial charge in [-0.2, -0.15) is 0 Å². The van der Waals surface area contributed by atoms with Crippen molar-refractivity contribution in [2.24, 2.45) is 16.3 Å². The number of rotatable bonds is 3. The van der Waals surface area contributed by atoms with E-state index in [1.54, 1.807) is 0 Å². The fourth-order valence-electron chi connectivity index (χ4n) is 3.87. The molecule has 2 aliphatic rings. The van der Waals surface area contributed by atoms with Crippen LogP contribution in [0, 0.1) is 11.3 Å². The van der Waals surface area contributed by atoms with Gasteiger partial charge in [0.1, 0.15) is 0 Å². The summed E-state index contributed by atoms with van der Waals surface area (Å²) < 4.78 is 6.07. The number of hydrogen-bond donors (Lipinski definition) is 2. The number of ether oxygens (including phenoxy) is 1. The maximum atomic E-state index is 6.07. The minimum Gasteiger partial charge on any atom is -0.377 e. The van der Waals surface area contributed by atoms with Gasteiger partial charge in [0.2, 0.25) is 0 Å². The van der Waals surface area contributed by atoms with Crippen LogP contribution in [0.2, 0.25) is 0 Å². The zero-order valence-corrected chi connectivity index (χ0v) is 15.0. The molecule has 0 aromatic carbocycles. The van der Waals surface area contributed by atoms with Crippen LogP contribution in [-0.2, 0) is 4.74 Å².